The lowest BCUT2D eigenvalue weighted by molar-refractivity contribution is 0.316. The van der Waals surface area contributed by atoms with E-state index in [2.05, 4.69) is 0 Å². The summed E-state index contributed by atoms with van der Waals surface area (Å²) in [6.45, 7) is 5.34. The van der Waals surface area contributed by atoms with Crippen molar-refractivity contribution < 1.29 is 4.74 Å². The molecule has 1 aromatic rings. The molecule has 0 fully saturated rings. The molecule has 0 spiro atoms. The van der Waals surface area contributed by atoms with Crippen LogP contribution in [0.2, 0.25) is 0 Å². The predicted octanol–water partition coefficient (Wildman–Crippen LogP) is 1.66. The molecule has 0 radical (unpaired) electrons. The van der Waals surface area contributed by atoms with E-state index < -0.39 is 0 Å². The van der Waals surface area contributed by atoms with Gasteiger partial charge in [0.05, 0.1) is 6.61 Å². The van der Waals surface area contributed by atoms with Gasteiger partial charge in [-0.25, -0.2) is 0 Å². The number of ether oxygens (including phenoxy) is 1. The summed E-state index contributed by atoms with van der Waals surface area (Å²) in [6, 6.07) is 3.35. The highest BCUT2D eigenvalue weighted by molar-refractivity contribution is 5.17. The molecule has 0 N–H and O–H groups in total. The van der Waals surface area contributed by atoms with Gasteiger partial charge in [-0.1, -0.05) is 6.92 Å². The van der Waals surface area contributed by atoms with E-state index >= 15 is 0 Å². The molecule has 3 heteroatoms. The Balaban J connectivity index is 2.77. The highest BCUT2D eigenvalue weighted by Gasteiger charge is 1.96. The first kappa shape index (κ1) is 9.84. The van der Waals surface area contributed by atoms with Crippen LogP contribution < -0.4 is 10.3 Å². The molecule has 13 heavy (non-hydrogen) atoms. The monoisotopic (exact) mass is 181 g/mol. The smallest absolute Gasteiger partial charge is 0.254 e. The Morgan fingerprint density at radius 3 is 2.77 bits per heavy atom. The van der Waals surface area contributed by atoms with E-state index in [0.29, 0.717) is 18.9 Å². The van der Waals surface area contributed by atoms with Gasteiger partial charge in [0.2, 0.25) is 0 Å². The summed E-state index contributed by atoms with van der Waals surface area (Å²) in [5.41, 5.74) is -0.00361. The van der Waals surface area contributed by atoms with Gasteiger partial charge in [0, 0.05) is 18.8 Å². The van der Waals surface area contributed by atoms with Gasteiger partial charge >= 0.3 is 0 Å². The summed E-state index contributed by atoms with van der Waals surface area (Å²) in [6.07, 6.45) is 2.71. The summed E-state index contributed by atoms with van der Waals surface area (Å²) in [4.78, 5) is 11.3. The molecule has 0 saturated heterocycles. The van der Waals surface area contributed by atoms with Gasteiger partial charge in [-0.05, 0) is 19.4 Å². The SMILES string of the molecule is CCCOc1ccn(CC)c(=O)c1. The minimum Gasteiger partial charge on any atom is -0.493 e. The molecular weight excluding hydrogens is 166 g/mol. The fraction of sp³-hybridized carbons (Fsp3) is 0.500. The van der Waals surface area contributed by atoms with E-state index in [1.54, 1.807) is 10.8 Å². The van der Waals surface area contributed by atoms with Gasteiger partial charge in [-0.3, -0.25) is 4.79 Å². The second-order valence-corrected chi connectivity index (χ2v) is 2.84. The van der Waals surface area contributed by atoms with Gasteiger partial charge in [-0.15, -0.1) is 0 Å². The fourth-order valence-electron chi connectivity index (χ4n) is 1.06. The molecule has 1 rings (SSSR count). The van der Waals surface area contributed by atoms with Crippen molar-refractivity contribution in [3.8, 4) is 5.75 Å². The number of aryl methyl sites for hydroxylation is 1. The maximum absolute atomic E-state index is 11.3. The lowest BCUT2D eigenvalue weighted by Gasteiger charge is -2.05. The summed E-state index contributed by atoms with van der Waals surface area (Å²) < 4.78 is 6.96. The van der Waals surface area contributed by atoms with Gasteiger partial charge in [0.1, 0.15) is 5.75 Å². The van der Waals surface area contributed by atoms with Crippen LogP contribution in [0.15, 0.2) is 23.1 Å². The Kier molecular flexibility index (Phi) is 3.55. The molecule has 0 atom stereocenters. The molecule has 0 bridgehead atoms. The van der Waals surface area contributed by atoms with Gasteiger partial charge in [0.25, 0.3) is 5.56 Å². The van der Waals surface area contributed by atoms with E-state index in [1.165, 1.54) is 6.07 Å². The van der Waals surface area contributed by atoms with Gasteiger partial charge < -0.3 is 9.30 Å². The van der Waals surface area contributed by atoms with Crippen molar-refractivity contribution in [2.75, 3.05) is 6.61 Å². The standard InChI is InChI=1S/C10H15NO2/c1-3-7-13-9-5-6-11(4-2)10(12)8-9/h5-6,8H,3-4,7H2,1-2H3. The van der Waals surface area contributed by atoms with Crippen LogP contribution in [0.5, 0.6) is 5.75 Å². The third kappa shape index (κ3) is 2.61. The number of pyridine rings is 1. The number of hydrogen-bond acceptors (Lipinski definition) is 2. The first-order valence-corrected chi connectivity index (χ1v) is 4.61. The van der Waals surface area contributed by atoms with Crippen LogP contribution in [0.3, 0.4) is 0 Å². The quantitative estimate of drug-likeness (QED) is 0.707. The Bertz CT molecular complexity index is 317. The molecule has 1 aromatic heterocycles. The van der Waals surface area contributed by atoms with E-state index in [9.17, 15) is 4.79 Å². The molecule has 0 unspecified atom stereocenters. The summed E-state index contributed by atoms with van der Waals surface area (Å²) in [5, 5.41) is 0. The van der Waals surface area contributed by atoms with Crippen LogP contribution in [0.25, 0.3) is 0 Å². The number of aromatic nitrogens is 1. The number of rotatable bonds is 4. The molecule has 0 aliphatic carbocycles. The summed E-state index contributed by atoms with van der Waals surface area (Å²) >= 11 is 0. The van der Waals surface area contributed by atoms with Crippen molar-refractivity contribution in [3.05, 3.63) is 28.7 Å². The predicted molar refractivity (Wildman–Crippen MR) is 52.2 cm³/mol. The Morgan fingerprint density at radius 2 is 2.23 bits per heavy atom. The Labute approximate surface area is 78.0 Å². The zero-order chi connectivity index (χ0) is 9.68. The van der Waals surface area contributed by atoms with Crippen molar-refractivity contribution in [2.45, 2.75) is 26.8 Å². The van der Waals surface area contributed by atoms with Crippen molar-refractivity contribution in [2.24, 2.45) is 0 Å². The average Bonchev–Trinajstić information content (AvgIpc) is 2.15. The number of nitrogens with zero attached hydrogens (tertiary/aromatic N) is 1. The summed E-state index contributed by atoms with van der Waals surface area (Å²) in [5.74, 6) is 0.663. The second kappa shape index (κ2) is 4.70. The lowest BCUT2D eigenvalue weighted by atomic mass is 10.4. The molecular formula is C10H15NO2. The average molecular weight is 181 g/mol. The highest BCUT2D eigenvalue weighted by atomic mass is 16.5. The minimum atomic E-state index is -0.00361. The lowest BCUT2D eigenvalue weighted by Crippen LogP contribution is -2.17. The van der Waals surface area contributed by atoms with Crippen LogP contribution in [0.1, 0.15) is 20.3 Å². The zero-order valence-corrected chi connectivity index (χ0v) is 8.12. The Morgan fingerprint density at radius 1 is 1.46 bits per heavy atom. The normalized spacial score (nSPS) is 10.0. The molecule has 0 saturated carbocycles. The van der Waals surface area contributed by atoms with Crippen LogP contribution >= 0.6 is 0 Å². The fourth-order valence-corrected chi connectivity index (χ4v) is 1.06. The topological polar surface area (TPSA) is 31.2 Å². The van der Waals surface area contributed by atoms with Gasteiger partial charge in [0.15, 0.2) is 0 Å². The third-order valence-electron chi connectivity index (χ3n) is 1.78. The zero-order valence-electron chi connectivity index (χ0n) is 8.12. The van der Waals surface area contributed by atoms with Crippen LogP contribution in [0.4, 0.5) is 0 Å². The largest absolute Gasteiger partial charge is 0.493 e. The van der Waals surface area contributed by atoms with E-state index in [1.807, 2.05) is 19.9 Å². The molecule has 0 aromatic carbocycles. The minimum absolute atomic E-state index is 0.00361. The second-order valence-electron chi connectivity index (χ2n) is 2.84. The molecule has 0 aliphatic heterocycles. The van der Waals surface area contributed by atoms with Crippen molar-refractivity contribution in [1.82, 2.24) is 4.57 Å². The van der Waals surface area contributed by atoms with Crippen molar-refractivity contribution >= 4 is 0 Å². The molecule has 0 amide bonds. The van der Waals surface area contributed by atoms with E-state index in [0.717, 1.165) is 6.42 Å². The first-order chi connectivity index (χ1) is 6.27. The summed E-state index contributed by atoms with van der Waals surface area (Å²) in [7, 11) is 0. The molecule has 72 valence electrons. The molecule has 1 heterocycles. The van der Waals surface area contributed by atoms with Crippen molar-refractivity contribution in [1.29, 1.82) is 0 Å². The first-order valence-electron chi connectivity index (χ1n) is 4.61. The van der Waals surface area contributed by atoms with Crippen LogP contribution in [-0.2, 0) is 6.54 Å². The molecule has 0 aliphatic rings. The van der Waals surface area contributed by atoms with E-state index in [4.69, 9.17) is 4.74 Å². The maximum Gasteiger partial charge on any atom is 0.254 e. The highest BCUT2D eigenvalue weighted by Crippen LogP contribution is 2.05. The Hall–Kier alpha value is -1.25. The number of hydrogen-bond donors (Lipinski definition) is 0. The van der Waals surface area contributed by atoms with E-state index in [-0.39, 0.29) is 5.56 Å². The third-order valence-corrected chi connectivity index (χ3v) is 1.78. The van der Waals surface area contributed by atoms with Crippen LogP contribution in [0, 0.1) is 0 Å². The van der Waals surface area contributed by atoms with Crippen molar-refractivity contribution in [3.63, 3.8) is 0 Å². The molecule has 3 nitrogen and oxygen atoms in total. The maximum atomic E-state index is 11.3. The van der Waals surface area contributed by atoms with Crippen LogP contribution in [-0.4, -0.2) is 11.2 Å². The van der Waals surface area contributed by atoms with Gasteiger partial charge in [-0.2, -0.15) is 0 Å².